The number of amides is 1. The van der Waals surface area contributed by atoms with E-state index in [1.807, 2.05) is 0 Å². The molecule has 3 heterocycles. The number of rotatable bonds is 3. The Morgan fingerprint density at radius 3 is 2.38 bits per heavy atom. The van der Waals surface area contributed by atoms with Crippen molar-refractivity contribution in [2.45, 2.75) is 43.1 Å². The van der Waals surface area contributed by atoms with Gasteiger partial charge in [-0.05, 0) is 31.0 Å². The lowest BCUT2D eigenvalue weighted by Crippen LogP contribution is -2.62. The number of hydrogen-bond acceptors (Lipinski definition) is 5. The molecule has 1 unspecified atom stereocenters. The third kappa shape index (κ3) is 3.55. The van der Waals surface area contributed by atoms with Gasteiger partial charge in [-0.25, -0.2) is 9.18 Å². The first-order valence-corrected chi connectivity index (χ1v) is 12.3. The predicted molar refractivity (Wildman–Crippen MR) is 124 cm³/mol. The van der Waals surface area contributed by atoms with Gasteiger partial charge in [-0.15, -0.1) is 0 Å². The fraction of sp³-hybridized carbons (Fsp3) is 0.400. The first-order chi connectivity index (χ1) is 17.4. The molecule has 6 nitrogen and oxygen atoms in total. The molecule has 1 aliphatic carbocycles. The van der Waals surface area contributed by atoms with Crippen LogP contribution in [0.15, 0.2) is 35.5 Å². The summed E-state index contributed by atoms with van der Waals surface area (Å²) in [6.07, 6.45) is -2.95. The van der Waals surface area contributed by atoms with Crippen molar-refractivity contribution in [2.75, 3.05) is 13.1 Å². The summed E-state index contributed by atoms with van der Waals surface area (Å²) in [6, 6.07) is 6.19. The van der Waals surface area contributed by atoms with Crippen molar-refractivity contribution in [2.24, 2.45) is 11.1 Å². The maximum atomic E-state index is 14.3. The Hall–Kier alpha value is -2.85. The molecular weight excluding hydrogens is 539 g/mol. The highest BCUT2D eigenvalue weighted by molar-refractivity contribution is 6.35. The number of hydrogen-bond donors (Lipinski definition) is 0. The molecule has 2 aromatic rings. The molecule has 4 aliphatic rings. The van der Waals surface area contributed by atoms with Crippen LogP contribution in [0, 0.1) is 11.7 Å². The van der Waals surface area contributed by atoms with Crippen molar-refractivity contribution in [3.8, 4) is 0 Å². The number of halogens is 6. The maximum absolute atomic E-state index is 14.3. The molecular formula is C25H18Cl2F4N2O4. The monoisotopic (exact) mass is 556 g/mol. The Morgan fingerprint density at radius 1 is 1.11 bits per heavy atom. The molecule has 1 spiro atoms. The Morgan fingerprint density at radius 2 is 1.78 bits per heavy atom. The van der Waals surface area contributed by atoms with Gasteiger partial charge in [-0.3, -0.25) is 4.79 Å². The molecule has 0 radical (unpaired) electrons. The Labute approximate surface area is 218 Å². The van der Waals surface area contributed by atoms with Gasteiger partial charge in [-0.2, -0.15) is 13.2 Å². The summed E-state index contributed by atoms with van der Waals surface area (Å²) < 4.78 is 62.4. The molecule has 37 heavy (non-hydrogen) atoms. The van der Waals surface area contributed by atoms with Crippen molar-refractivity contribution in [3.05, 3.63) is 68.4 Å². The lowest BCUT2D eigenvalue weighted by Gasteiger charge is -2.48. The summed E-state index contributed by atoms with van der Waals surface area (Å²) in [5.74, 6) is -1.58. The van der Waals surface area contributed by atoms with Crippen molar-refractivity contribution in [3.63, 3.8) is 0 Å². The fourth-order valence-corrected chi connectivity index (χ4v) is 5.79. The zero-order valence-electron chi connectivity index (χ0n) is 19.0. The molecule has 1 atom stereocenters. The zero-order valence-corrected chi connectivity index (χ0v) is 20.5. The average Bonchev–Trinajstić information content (AvgIpc) is 3.35. The van der Waals surface area contributed by atoms with Crippen LogP contribution < -0.4 is 0 Å². The molecule has 1 amide bonds. The average molecular weight is 557 g/mol. The van der Waals surface area contributed by atoms with Gasteiger partial charge in [0.25, 0.3) is 5.60 Å². The smallest absolute Gasteiger partial charge is 0.435 e. The van der Waals surface area contributed by atoms with E-state index >= 15 is 0 Å². The van der Waals surface area contributed by atoms with Crippen molar-refractivity contribution >= 4 is 40.8 Å². The summed E-state index contributed by atoms with van der Waals surface area (Å²) in [7, 11) is 0. The van der Waals surface area contributed by atoms with E-state index in [1.165, 1.54) is 12.1 Å². The van der Waals surface area contributed by atoms with Crippen LogP contribution >= 0.6 is 23.2 Å². The number of carbonyl (C=O) groups excluding carboxylic acids is 2. The van der Waals surface area contributed by atoms with Gasteiger partial charge in [0.2, 0.25) is 5.91 Å². The SMILES string of the molecule is O=C1OC2(CN(C(=O)C3CCC3)C2)c2ccc(C3=NOC(c4cc(Cl)c(F)c(Cl)c4)(C(F)(F)F)C3)cc21. The second-order valence-electron chi connectivity index (χ2n) is 9.85. The number of ether oxygens (including phenoxy) is 1. The number of fused-ring (bicyclic) bond motifs is 2. The molecule has 6 rings (SSSR count). The summed E-state index contributed by atoms with van der Waals surface area (Å²) in [6.45, 7) is 0.488. The van der Waals surface area contributed by atoms with E-state index in [2.05, 4.69) is 5.16 Å². The molecule has 0 aromatic heterocycles. The minimum Gasteiger partial charge on any atom is -0.447 e. The highest BCUT2D eigenvalue weighted by Gasteiger charge is 2.63. The van der Waals surface area contributed by atoms with Gasteiger partial charge in [0.05, 0.1) is 34.4 Å². The summed E-state index contributed by atoms with van der Waals surface area (Å²) in [5.41, 5.74) is -3.44. The minimum atomic E-state index is -4.95. The molecule has 0 bridgehead atoms. The van der Waals surface area contributed by atoms with Crippen molar-refractivity contribution in [1.82, 2.24) is 4.90 Å². The molecule has 2 aromatic carbocycles. The van der Waals surface area contributed by atoms with E-state index in [0.29, 0.717) is 5.56 Å². The third-order valence-electron chi connectivity index (χ3n) is 7.65. The standard InChI is InChI=1S/C25H18Cl2F4N2O4/c26-17-7-14(8-18(27)20(17)28)24(25(29,30)31)9-19(32-37-24)13-4-5-16-15(6-13)22(35)36-23(16)10-33(11-23)21(34)12-2-1-3-12/h4-8,12H,1-3,9-11H2. The number of likely N-dealkylation sites (tertiary alicyclic amines) is 1. The molecule has 12 heteroatoms. The van der Waals surface area contributed by atoms with Crippen molar-refractivity contribution in [1.29, 1.82) is 0 Å². The van der Waals surface area contributed by atoms with Crippen LogP contribution in [0.3, 0.4) is 0 Å². The topological polar surface area (TPSA) is 68.2 Å². The number of carbonyl (C=O) groups is 2. The van der Waals surface area contributed by atoms with E-state index < -0.39 is 51.2 Å². The number of nitrogens with zero attached hydrogens (tertiary/aromatic N) is 2. The van der Waals surface area contributed by atoms with Gasteiger partial charge < -0.3 is 14.5 Å². The molecule has 194 valence electrons. The number of esters is 1. The van der Waals surface area contributed by atoms with Crippen LogP contribution in [-0.4, -0.2) is 41.8 Å². The lowest BCUT2D eigenvalue weighted by atomic mass is 9.79. The molecule has 1 saturated heterocycles. The second-order valence-corrected chi connectivity index (χ2v) is 10.7. The number of oxime groups is 1. The van der Waals surface area contributed by atoms with Gasteiger partial charge >= 0.3 is 12.1 Å². The highest BCUT2D eigenvalue weighted by atomic mass is 35.5. The molecule has 2 fully saturated rings. The minimum absolute atomic E-state index is 0.0245. The Bertz CT molecular complexity index is 1360. The van der Waals surface area contributed by atoms with Crippen LogP contribution in [0.2, 0.25) is 10.0 Å². The first kappa shape index (κ1) is 24.5. The van der Waals surface area contributed by atoms with Crippen LogP contribution in [0.1, 0.15) is 52.7 Å². The highest BCUT2D eigenvalue weighted by Crippen LogP contribution is 2.51. The second kappa shape index (κ2) is 8.07. The van der Waals surface area contributed by atoms with Crippen LogP contribution in [0.5, 0.6) is 0 Å². The fourth-order valence-electron chi connectivity index (χ4n) is 5.30. The molecule has 0 N–H and O–H groups in total. The predicted octanol–water partition coefficient (Wildman–Crippen LogP) is 5.72. The zero-order chi connectivity index (χ0) is 26.3. The quantitative estimate of drug-likeness (QED) is 0.275. The van der Waals surface area contributed by atoms with Crippen LogP contribution in [0.4, 0.5) is 17.6 Å². The van der Waals surface area contributed by atoms with E-state index in [0.717, 1.165) is 31.4 Å². The van der Waals surface area contributed by atoms with Gasteiger partial charge in [-0.1, -0.05) is 46.9 Å². The lowest BCUT2D eigenvalue weighted by molar-refractivity contribution is -0.275. The van der Waals surface area contributed by atoms with E-state index in [9.17, 15) is 27.2 Å². The first-order valence-electron chi connectivity index (χ1n) is 11.6. The van der Waals surface area contributed by atoms with Crippen LogP contribution in [-0.2, 0) is 25.6 Å². The molecule has 1 saturated carbocycles. The number of benzene rings is 2. The number of alkyl halides is 3. The van der Waals surface area contributed by atoms with E-state index in [-0.39, 0.29) is 41.8 Å². The summed E-state index contributed by atoms with van der Waals surface area (Å²) in [4.78, 5) is 31.8. The summed E-state index contributed by atoms with van der Waals surface area (Å²) in [5, 5.41) is 2.52. The van der Waals surface area contributed by atoms with Gasteiger partial charge in [0.15, 0.2) is 11.4 Å². The van der Waals surface area contributed by atoms with Gasteiger partial charge in [0.1, 0.15) is 0 Å². The summed E-state index contributed by atoms with van der Waals surface area (Å²) >= 11 is 11.5. The normalized spacial score (nSPS) is 24.2. The van der Waals surface area contributed by atoms with E-state index in [4.69, 9.17) is 32.8 Å². The Balaban J connectivity index is 1.27. The van der Waals surface area contributed by atoms with Crippen LogP contribution in [0.25, 0.3) is 0 Å². The van der Waals surface area contributed by atoms with E-state index in [1.54, 1.807) is 11.0 Å². The Kier molecular flexibility index (Phi) is 5.34. The largest absolute Gasteiger partial charge is 0.447 e. The van der Waals surface area contributed by atoms with Gasteiger partial charge in [0, 0.05) is 29.0 Å². The molecule has 3 aliphatic heterocycles. The maximum Gasteiger partial charge on any atom is 0.435 e. The third-order valence-corrected chi connectivity index (χ3v) is 8.20. The van der Waals surface area contributed by atoms with Crippen molar-refractivity contribution < 1.29 is 36.7 Å².